The number of aryl methyl sites for hydroxylation is 1. The smallest absolute Gasteiger partial charge is 0.338 e. The summed E-state index contributed by atoms with van der Waals surface area (Å²) in [6.45, 7) is 3.08. The highest BCUT2D eigenvalue weighted by Gasteiger charge is 2.31. The molecule has 0 aliphatic carbocycles. The maximum absolute atomic E-state index is 13.6. The number of piperidine rings is 1. The Morgan fingerprint density at radius 1 is 0.900 bits per heavy atom. The molecular weight excluding hydrogens is 513 g/mol. The molecule has 1 saturated heterocycles. The topological polar surface area (TPSA) is 51.0 Å². The zero-order valence-electron chi connectivity index (χ0n) is 21.9. The number of aromatic nitrogens is 3. The number of nitrogens with zero attached hydrogens (tertiary/aromatic N) is 4. The van der Waals surface area contributed by atoms with Gasteiger partial charge in [0.2, 0.25) is 0 Å². The van der Waals surface area contributed by atoms with Crippen molar-refractivity contribution < 1.29 is 18.0 Å². The third kappa shape index (κ3) is 4.97. The Balaban J connectivity index is 1.23. The maximum Gasteiger partial charge on any atom is 0.416 e. The van der Waals surface area contributed by atoms with E-state index in [0.29, 0.717) is 29.9 Å². The number of hydrogen-bond donors (Lipinski definition) is 0. The lowest BCUT2D eigenvalue weighted by Crippen LogP contribution is -2.39. The van der Waals surface area contributed by atoms with Crippen LogP contribution >= 0.6 is 0 Å². The standard InChI is InChI=1S/C32H27F3N4O/c1-21-36-29-19-23(15-16-30(29)39(21)26-11-3-2-4-12-26)31(40)38-17-7-9-24(20-38)28-14-6-13-27(37-28)22-8-5-10-25(18-22)32(33,34)35/h2-6,8,10-16,18-19,24H,7,9,17,20H2,1H3/t24-/m1/s1. The lowest BCUT2D eigenvalue weighted by Gasteiger charge is -2.32. The van der Waals surface area contributed by atoms with Crippen LogP contribution in [0.1, 0.15) is 46.2 Å². The van der Waals surface area contributed by atoms with E-state index in [-0.39, 0.29) is 11.8 Å². The number of halogens is 3. The van der Waals surface area contributed by atoms with E-state index in [1.54, 1.807) is 12.1 Å². The second-order valence-electron chi connectivity index (χ2n) is 10.2. The van der Waals surface area contributed by atoms with E-state index in [2.05, 4.69) is 4.57 Å². The van der Waals surface area contributed by atoms with Crippen LogP contribution < -0.4 is 0 Å². The first-order valence-corrected chi connectivity index (χ1v) is 13.3. The second kappa shape index (κ2) is 10.3. The molecule has 5 nitrogen and oxygen atoms in total. The molecule has 0 unspecified atom stereocenters. The average Bonchev–Trinajstić information content (AvgIpc) is 3.32. The van der Waals surface area contributed by atoms with Gasteiger partial charge < -0.3 is 4.90 Å². The zero-order chi connectivity index (χ0) is 27.9. The molecule has 6 rings (SSSR count). The summed E-state index contributed by atoms with van der Waals surface area (Å²) in [4.78, 5) is 24.8. The van der Waals surface area contributed by atoms with Gasteiger partial charge in [-0.2, -0.15) is 13.2 Å². The molecule has 0 spiro atoms. The number of rotatable bonds is 4. The average molecular weight is 541 g/mol. The van der Waals surface area contributed by atoms with Crippen molar-refractivity contribution in [3.8, 4) is 16.9 Å². The molecule has 0 N–H and O–H groups in total. The third-order valence-corrected chi connectivity index (χ3v) is 7.47. The molecule has 8 heteroatoms. The van der Waals surface area contributed by atoms with Gasteiger partial charge in [-0.05, 0) is 74.4 Å². The van der Waals surface area contributed by atoms with Gasteiger partial charge in [-0.25, -0.2) is 4.98 Å². The van der Waals surface area contributed by atoms with Gasteiger partial charge in [-0.3, -0.25) is 14.3 Å². The fraction of sp³-hybridized carbons (Fsp3) is 0.219. The number of likely N-dealkylation sites (tertiary alicyclic amines) is 1. The third-order valence-electron chi connectivity index (χ3n) is 7.47. The summed E-state index contributed by atoms with van der Waals surface area (Å²) in [5, 5.41) is 0. The van der Waals surface area contributed by atoms with E-state index < -0.39 is 11.7 Å². The lowest BCUT2D eigenvalue weighted by molar-refractivity contribution is -0.137. The highest BCUT2D eigenvalue weighted by molar-refractivity contribution is 5.97. The molecular formula is C32H27F3N4O. The zero-order valence-corrected chi connectivity index (χ0v) is 21.9. The Labute approximate surface area is 229 Å². The first-order valence-electron chi connectivity index (χ1n) is 13.3. The maximum atomic E-state index is 13.6. The number of benzene rings is 3. The van der Waals surface area contributed by atoms with Gasteiger partial charge in [0.25, 0.3) is 5.91 Å². The number of carbonyl (C=O) groups is 1. The molecule has 202 valence electrons. The molecule has 2 aromatic heterocycles. The fourth-order valence-electron chi connectivity index (χ4n) is 5.52. The predicted molar refractivity (Wildman–Crippen MR) is 148 cm³/mol. The molecule has 1 aliphatic rings. The van der Waals surface area contributed by atoms with E-state index in [1.165, 1.54) is 6.07 Å². The minimum absolute atomic E-state index is 0.00767. The molecule has 1 aliphatic heterocycles. The van der Waals surface area contributed by atoms with E-state index in [0.717, 1.165) is 53.2 Å². The Morgan fingerprint density at radius 2 is 1.70 bits per heavy atom. The van der Waals surface area contributed by atoms with Gasteiger partial charge in [0.1, 0.15) is 5.82 Å². The second-order valence-corrected chi connectivity index (χ2v) is 10.2. The van der Waals surface area contributed by atoms with E-state index in [4.69, 9.17) is 9.97 Å². The van der Waals surface area contributed by atoms with Crippen LogP contribution in [0.15, 0.2) is 91.0 Å². The minimum atomic E-state index is -4.42. The number of alkyl halides is 3. The monoisotopic (exact) mass is 540 g/mol. The van der Waals surface area contributed by atoms with Crippen LogP contribution in [0.3, 0.4) is 0 Å². The summed E-state index contributed by atoms with van der Waals surface area (Å²) in [6.07, 6.45) is -2.75. The molecule has 0 bridgehead atoms. The molecule has 0 radical (unpaired) electrons. The van der Waals surface area contributed by atoms with Crippen LogP contribution in [0.25, 0.3) is 28.0 Å². The number of para-hydroxylation sites is 1. The van der Waals surface area contributed by atoms with Crippen molar-refractivity contribution in [2.24, 2.45) is 0 Å². The molecule has 1 atom stereocenters. The quantitative estimate of drug-likeness (QED) is 0.238. The highest BCUT2D eigenvalue weighted by atomic mass is 19.4. The molecule has 5 aromatic rings. The van der Waals surface area contributed by atoms with Crippen LogP contribution in [-0.4, -0.2) is 38.4 Å². The fourth-order valence-corrected chi connectivity index (χ4v) is 5.52. The lowest BCUT2D eigenvalue weighted by atomic mass is 9.93. The van der Waals surface area contributed by atoms with Crippen molar-refractivity contribution in [3.63, 3.8) is 0 Å². The normalized spacial score (nSPS) is 15.9. The van der Waals surface area contributed by atoms with Crippen molar-refractivity contribution in [3.05, 3.63) is 114 Å². The Hall–Kier alpha value is -4.46. The van der Waals surface area contributed by atoms with Gasteiger partial charge in [-0.1, -0.05) is 36.4 Å². The van der Waals surface area contributed by atoms with E-state index in [1.807, 2.05) is 72.5 Å². The number of hydrogen-bond acceptors (Lipinski definition) is 3. The number of amides is 1. The molecule has 0 saturated carbocycles. The molecule has 40 heavy (non-hydrogen) atoms. The van der Waals surface area contributed by atoms with E-state index >= 15 is 0 Å². The summed E-state index contributed by atoms with van der Waals surface area (Å²) >= 11 is 0. The molecule has 3 aromatic carbocycles. The Kier molecular flexibility index (Phi) is 6.62. The molecule has 1 fully saturated rings. The number of carbonyl (C=O) groups excluding carboxylic acids is 1. The summed E-state index contributed by atoms with van der Waals surface area (Å²) < 4.78 is 41.8. The van der Waals surface area contributed by atoms with Crippen LogP contribution in [-0.2, 0) is 6.18 Å². The largest absolute Gasteiger partial charge is 0.416 e. The van der Waals surface area contributed by atoms with Gasteiger partial charge in [0, 0.05) is 41.5 Å². The van der Waals surface area contributed by atoms with E-state index in [9.17, 15) is 18.0 Å². The molecule has 3 heterocycles. The summed E-state index contributed by atoms with van der Waals surface area (Å²) in [5.41, 5.74) is 4.27. The summed E-state index contributed by atoms with van der Waals surface area (Å²) in [6, 6.07) is 26.3. The van der Waals surface area contributed by atoms with Gasteiger partial charge >= 0.3 is 6.18 Å². The number of pyridine rings is 1. The first kappa shape index (κ1) is 25.8. The van der Waals surface area contributed by atoms with Crippen LogP contribution in [0.2, 0.25) is 0 Å². The van der Waals surface area contributed by atoms with Crippen molar-refractivity contribution in [1.82, 2.24) is 19.4 Å². The predicted octanol–water partition coefficient (Wildman–Crippen LogP) is 7.43. The number of fused-ring (bicyclic) bond motifs is 1. The minimum Gasteiger partial charge on any atom is -0.338 e. The van der Waals surface area contributed by atoms with Crippen LogP contribution in [0.5, 0.6) is 0 Å². The summed E-state index contributed by atoms with van der Waals surface area (Å²) in [5.74, 6) is 0.773. The number of imidazole rings is 1. The Morgan fingerprint density at radius 3 is 2.50 bits per heavy atom. The van der Waals surface area contributed by atoms with Crippen molar-refractivity contribution in [2.75, 3.05) is 13.1 Å². The Bertz CT molecular complexity index is 1690. The van der Waals surface area contributed by atoms with Crippen LogP contribution in [0.4, 0.5) is 13.2 Å². The highest BCUT2D eigenvalue weighted by Crippen LogP contribution is 2.33. The van der Waals surface area contributed by atoms with Crippen molar-refractivity contribution in [1.29, 1.82) is 0 Å². The van der Waals surface area contributed by atoms with Crippen LogP contribution in [0, 0.1) is 6.92 Å². The molecule has 1 amide bonds. The summed E-state index contributed by atoms with van der Waals surface area (Å²) in [7, 11) is 0. The first-order chi connectivity index (χ1) is 19.3. The van der Waals surface area contributed by atoms with Gasteiger partial charge in [-0.15, -0.1) is 0 Å². The van der Waals surface area contributed by atoms with Crippen molar-refractivity contribution >= 4 is 16.9 Å². The SMILES string of the molecule is Cc1nc2cc(C(=O)N3CCC[C@@H](c4cccc(-c5cccc(C(F)(F)F)c5)n4)C3)ccc2n1-c1ccccc1. The van der Waals surface area contributed by atoms with Gasteiger partial charge in [0.15, 0.2) is 0 Å². The van der Waals surface area contributed by atoms with Crippen molar-refractivity contribution in [2.45, 2.75) is 31.9 Å². The van der Waals surface area contributed by atoms with Gasteiger partial charge in [0.05, 0.1) is 22.3 Å².